The number of nitrogen functional groups attached to an aromatic ring is 1. The first-order valence-electron chi connectivity index (χ1n) is 6.45. The van der Waals surface area contributed by atoms with Crippen LogP contribution < -0.4 is 11.1 Å². The smallest absolute Gasteiger partial charge is 0.251 e. The molecule has 3 N–H and O–H groups in total. The van der Waals surface area contributed by atoms with Crippen molar-refractivity contribution in [1.29, 1.82) is 0 Å². The van der Waals surface area contributed by atoms with Gasteiger partial charge < -0.3 is 11.1 Å². The molecule has 0 unspecified atom stereocenters. The van der Waals surface area contributed by atoms with Crippen molar-refractivity contribution in [2.75, 3.05) is 12.3 Å². The second kappa shape index (κ2) is 6.19. The minimum Gasteiger partial charge on any atom is -0.398 e. The number of carbonyl (C=O) groups is 1. The van der Waals surface area contributed by atoms with E-state index in [-0.39, 0.29) is 11.7 Å². The molecule has 3 nitrogen and oxygen atoms in total. The van der Waals surface area contributed by atoms with E-state index in [0.717, 1.165) is 11.1 Å². The Kier molecular flexibility index (Phi) is 4.35. The number of anilines is 1. The quantitative estimate of drug-likeness (QED) is 0.841. The van der Waals surface area contributed by atoms with Crippen LogP contribution in [0.1, 0.15) is 21.5 Å². The van der Waals surface area contributed by atoms with Crippen molar-refractivity contribution >= 4 is 11.6 Å². The van der Waals surface area contributed by atoms with Gasteiger partial charge in [0, 0.05) is 17.8 Å². The molecule has 0 spiro atoms. The fraction of sp³-hybridized carbons (Fsp3) is 0.188. The van der Waals surface area contributed by atoms with E-state index < -0.39 is 0 Å². The summed E-state index contributed by atoms with van der Waals surface area (Å²) in [5, 5.41) is 2.82. The van der Waals surface area contributed by atoms with Crippen molar-refractivity contribution < 1.29 is 9.18 Å². The van der Waals surface area contributed by atoms with Crippen LogP contribution in [-0.2, 0) is 6.42 Å². The van der Waals surface area contributed by atoms with E-state index in [2.05, 4.69) is 5.32 Å². The molecule has 2 aromatic rings. The SMILES string of the molecule is Cc1ccc(C(=O)NCCc2ccc(F)cc2)cc1N. The maximum Gasteiger partial charge on any atom is 0.251 e. The number of halogens is 1. The molecular weight excluding hydrogens is 255 g/mol. The van der Waals surface area contributed by atoms with E-state index >= 15 is 0 Å². The van der Waals surface area contributed by atoms with Crippen LogP contribution in [0.3, 0.4) is 0 Å². The Hall–Kier alpha value is -2.36. The van der Waals surface area contributed by atoms with Gasteiger partial charge in [-0.3, -0.25) is 4.79 Å². The van der Waals surface area contributed by atoms with Gasteiger partial charge in [0.15, 0.2) is 0 Å². The number of nitrogens with one attached hydrogen (secondary N) is 1. The first kappa shape index (κ1) is 14.1. The van der Waals surface area contributed by atoms with E-state index in [1.807, 2.05) is 13.0 Å². The molecule has 2 aromatic carbocycles. The predicted molar refractivity (Wildman–Crippen MR) is 78.0 cm³/mol. The Bertz CT molecular complexity index is 608. The molecule has 0 fully saturated rings. The molecule has 2 rings (SSSR count). The molecule has 0 atom stereocenters. The van der Waals surface area contributed by atoms with Crippen LogP contribution in [0.4, 0.5) is 10.1 Å². The molecule has 0 aliphatic heterocycles. The normalized spacial score (nSPS) is 10.3. The molecule has 0 bridgehead atoms. The van der Waals surface area contributed by atoms with E-state index in [9.17, 15) is 9.18 Å². The minimum atomic E-state index is -0.257. The second-order valence-corrected chi connectivity index (χ2v) is 4.70. The Morgan fingerprint density at radius 1 is 1.20 bits per heavy atom. The number of hydrogen-bond acceptors (Lipinski definition) is 2. The van der Waals surface area contributed by atoms with E-state index in [1.54, 1.807) is 24.3 Å². The highest BCUT2D eigenvalue weighted by Gasteiger charge is 2.06. The molecule has 0 radical (unpaired) electrons. The molecule has 1 amide bonds. The lowest BCUT2D eigenvalue weighted by atomic mass is 10.1. The lowest BCUT2D eigenvalue weighted by Crippen LogP contribution is -2.25. The highest BCUT2D eigenvalue weighted by molar-refractivity contribution is 5.95. The first-order chi connectivity index (χ1) is 9.56. The summed E-state index contributed by atoms with van der Waals surface area (Å²) in [4.78, 5) is 11.9. The Morgan fingerprint density at radius 2 is 1.90 bits per heavy atom. The number of hydrogen-bond donors (Lipinski definition) is 2. The van der Waals surface area contributed by atoms with Crippen LogP contribution in [0.25, 0.3) is 0 Å². The van der Waals surface area contributed by atoms with Gasteiger partial charge in [-0.2, -0.15) is 0 Å². The summed E-state index contributed by atoms with van der Waals surface area (Å²) in [6, 6.07) is 11.5. The van der Waals surface area contributed by atoms with Crippen LogP contribution in [0.2, 0.25) is 0 Å². The predicted octanol–water partition coefficient (Wildman–Crippen LogP) is 2.69. The molecule has 104 valence electrons. The van der Waals surface area contributed by atoms with Crippen molar-refractivity contribution in [2.24, 2.45) is 0 Å². The van der Waals surface area contributed by atoms with Gasteiger partial charge >= 0.3 is 0 Å². The third-order valence-corrected chi connectivity index (χ3v) is 3.15. The van der Waals surface area contributed by atoms with E-state index in [1.165, 1.54) is 12.1 Å². The molecule has 0 saturated heterocycles. The summed E-state index contributed by atoms with van der Waals surface area (Å²) in [5.41, 5.74) is 8.87. The molecular formula is C16H17FN2O. The van der Waals surface area contributed by atoms with Gasteiger partial charge in [-0.25, -0.2) is 4.39 Å². The molecule has 0 aliphatic rings. The van der Waals surface area contributed by atoms with Crippen molar-refractivity contribution in [2.45, 2.75) is 13.3 Å². The Labute approximate surface area is 117 Å². The highest BCUT2D eigenvalue weighted by atomic mass is 19.1. The van der Waals surface area contributed by atoms with Gasteiger partial charge in [0.2, 0.25) is 0 Å². The summed E-state index contributed by atoms with van der Waals surface area (Å²) in [6.07, 6.45) is 0.660. The third kappa shape index (κ3) is 3.57. The summed E-state index contributed by atoms with van der Waals surface area (Å²) in [7, 11) is 0. The topological polar surface area (TPSA) is 55.1 Å². The van der Waals surface area contributed by atoms with E-state index in [0.29, 0.717) is 24.2 Å². The third-order valence-electron chi connectivity index (χ3n) is 3.15. The minimum absolute atomic E-state index is 0.154. The zero-order valence-electron chi connectivity index (χ0n) is 11.3. The maximum absolute atomic E-state index is 12.7. The average Bonchev–Trinajstić information content (AvgIpc) is 2.44. The number of aryl methyl sites for hydroxylation is 1. The van der Waals surface area contributed by atoms with Gasteiger partial charge in [-0.05, 0) is 48.7 Å². The molecule has 4 heteroatoms. The van der Waals surface area contributed by atoms with Crippen LogP contribution in [-0.4, -0.2) is 12.5 Å². The van der Waals surface area contributed by atoms with Gasteiger partial charge in [-0.15, -0.1) is 0 Å². The van der Waals surface area contributed by atoms with Crippen molar-refractivity contribution in [3.05, 3.63) is 65.0 Å². The summed E-state index contributed by atoms with van der Waals surface area (Å²) >= 11 is 0. The summed E-state index contributed by atoms with van der Waals surface area (Å²) in [6.45, 7) is 2.39. The van der Waals surface area contributed by atoms with Gasteiger partial charge in [0.05, 0.1) is 0 Å². The number of nitrogens with two attached hydrogens (primary N) is 1. The standard InChI is InChI=1S/C16H17FN2O/c1-11-2-5-13(10-15(11)18)16(20)19-9-8-12-3-6-14(17)7-4-12/h2-7,10H,8-9,18H2,1H3,(H,19,20). The molecule has 20 heavy (non-hydrogen) atoms. The Morgan fingerprint density at radius 3 is 2.55 bits per heavy atom. The van der Waals surface area contributed by atoms with Crippen molar-refractivity contribution in [3.63, 3.8) is 0 Å². The van der Waals surface area contributed by atoms with Crippen LogP contribution >= 0.6 is 0 Å². The van der Waals surface area contributed by atoms with Gasteiger partial charge in [0.1, 0.15) is 5.82 Å². The average molecular weight is 272 g/mol. The maximum atomic E-state index is 12.7. The zero-order chi connectivity index (χ0) is 14.5. The first-order valence-corrected chi connectivity index (χ1v) is 6.45. The lowest BCUT2D eigenvalue weighted by Gasteiger charge is -2.07. The summed E-state index contributed by atoms with van der Waals surface area (Å²) in [5.74, 6) is -0.410. The number of benzene rings is 2. The van der Waals surface area contributed by atoms with Gasteiger partial charge in [-0.1, -0.05) is 18.2 Å². The Balaban J connectivity index is 1.88. The van der Waals surface area contributed by atoms with Gasteiger partial charge in [0.25, 0.3) is 5.91 Å². The largest absolute Gasteiger partial charge is 0.398 e. The van der Waals surface area contributed by atoms with Crippen LogP contribution in [0, 0.1) is 12.7 Å². The summed E-state index contributed by atoms with van der Waals surface area (Å²) < 4.78 is 12.7. The molecule has 0 aliphatic carbocycles. The van der Waals surface area contributed by atoms with Crippen molar-refractivity contribution in [1.82, 2.24) is 5.32 Å². The van der Waals surface area contributed by atoms with E-state index in [4.69, 9.17) is 5.73 Å². The fourth-order valence-electron chi connectivity index (χ4n) is 1.86. The van der Waals surface area contributed by atoms with Crippen LogP contribution in [0.5, 0.6) is 0 Å². The molecule has 0 saturated carbocycles. The fourth-order valence-corrected chi connectivity index (χ4v) is 1.86. The number of rotatable bonds is 4. The molecule has 0 aromatic heterocycles. The monoisotopic (exact) mass is 272 g/mol. The zero-order valence-corrected chi connectivity index (χ0v) is 11.3. The highest BCUT2D eigenvalue weighted by Crippen LogP contribution is 2.12. The lowest BCUT2D eigenvalue weighted by molar-refractivity contribution is 0.0954. The second-order valence-electron chi connectivity index (χ2n) is 4.70. The van der Waals surface area contributed by atoms with Crippen molar-refractivity contribution in [3.8, 4) is 0 Å². The number of amides is 1. The van der Waals surface area contributed by atoms with Crippen LogP contribution in [0.15, 0.2) is 42.5 Å². The number of carbonyl (C=O) groups excluding carboxylic acids is 1. The molecule has 0 heterocycles.